The second-order valence-electron chi connectivity index (χ2n) is 3.23. The Balaban J connectivity index is 2.42. The maximum absolute atomic E-state index is 11.3. The smallest absolute Gasteiger partial charge is 0.446 e. The minimum Gasteiger partial charge on any atom is -0.455 e. The average Bonchev–Trinajstić information content (AvgIpc) is 2.29. The van der Waals surface area contributed by atoms with Crippen molar-refractivity contribution in [2.45, 2.75) is 13.2 Å². The fourth-order valence-corrected chi connectivity index (χ4v) is 1.08. The highest BCUT2D eigenvalue weighted by Crippen LogP contribution is 2.11. The van der Waals surface area contributed by atoms with Gasteiger partial charge in [-0.15, -0.1) is 5.12 Å². The fourth-order valence-electron chi connectivity index (χ4n) is 1.08. The molecule has 0 aliphatic heterocycles. The van der Waals surface area contributed by atoms with Crippen LogP contribution in [0, 0.1) is 0 Å². The largest absolute Gasteiger partial charge is 0.455 e. The minimum absolute atomic E-state index is 0.327. The number of carbonyl (C=O) groups excluding carboxylic acids is 2. The van der Waals surface area contributed by atoms with Gasteiger partial charge in [0.1, 0.15) is 5.75 Å². The van der Waals surface area contributed by atoms with E-state index in [4.69, 9.17) is 21.1 Å². The molecule has 0 saturated heterocycles. The van der Waals surface area contributed by atoms with E-state index < -0.39 is 18.4 Å². The van der Waals surface area contributed by atoms with E-state index in [-0.39, 0.29) is 0 Å². The number of nitrogens with two attached hydrogens (primary N) is 2. The number of ether oxygens (including phenoxy) is 2. The fraction of sp³-hybridized carbons (Fsp3) is 0.200. The molecular weight excluding hydrogens is 240 g/mol. The number of hydrogen-bond acceptors (Lipinski definition) is 5. The molecule has 0 saturated carbocycles. The summed E-state index contributed by atoms with van der Waals surface area (Å²) in [5, 5.41) is 0.327. The van der Waals surface area contributed by atoms with Gasteiger partial charge < -0.3 is 15.2 Å². The summed E-state index contributed by atoms with van der Waals surface area (Å²) in [4.78, 5) is 21.7. The molecule has 0 radical (unpaired) electrons. The number of urea groups is 1. The topological polar surface area (TPSA) is 120 Å². The summed E-state index contributed by atoms with van der Waals surface area (Å²) in [5.41, 5.74) is 6.61. The Morgan fingerprint density at radius 1 is 1.33 bits per heavy atom. The van der Waals surface area contributed by atoms with Gasteiger partial charge in [-0.05, 0) is 12.1 Å². The van der Waals surface area contributed by atoms with Crippen molar-refractivity contribution in [2.75, 3.05) is 0 Å². The number of carbonyl (C=O) groups is 2. The summed E-state index contributed by atoms with van der Waals surface area (Å²) < 4.78 is 10.1. The maximum atomic E-state index is 11.3. The molecule has 1 aromatic carbocycles. The predicted octanol–water partition coefficient (Wildman–Crippen LogP) is 0.307. The van der Waals surface area contributed by atoms with Gasteiger partial charge in [0.2, 0.25) is 6.29 Å². The number of amides is 3. The molecule has 0 bridgehead atoms. The van der Waals surface area contributed by atoms with Crippen LogP contribution in [0.4, 0.5) is 9.59 Å². The van der Waals surface area contributed by atoms with Crippen molar-refractivity contribution in [1.29, 1.82) is 0 Å². The van der Waals surface area contributed by atoms with Gasteiger partial charge in [-0.25, -0.2) is 20.9 Å². The van der Waals surface area contributed by atoms with Gasteiger partial charge >= 0.3 is 12.1 Å². The molecule has 0 aliphatic rings. The maximum Gasteiger partial charge on any atom is 0.446 e. The van der Waals surface area contributed by atoms with E-state index in [1.165, 1.54) is 6.92 Å². The Morgan fingerprint density at radius 2 is 1.94 bits per heavy atom. The van der Waals surface area contributed by atoms with Crippen molar-refractivity contribution in [3.05, 3.63) is 30.3 Å². The van der Waals surface area contributed by atoms with Crippen LogP contribution in [-0.4, -0.2) is 23.5 Å². The molecule has 1 atom stereocenters. The van der Waals surface area contributed by atoms with Crippen LogP contribution in [0.5, 0.6) is 5.75 Å². The number of benzene rings is 1. The lowest BCUT2D eigenvalue weighted by Gasteiger charge is -2.19. The van der Waals surface area contributed by atoms with Crippen LogP contribution in [0.1, 0.15) is 6.92 Å². The van der Waals surface area contributed by atoms with Gasteiger partial charge in [0.05, 0.1) is 0 Å². The number of para-hydroxylation sites is 1. The summed E-state index contributed by atoms with van der Waals surface area (Å²) in [6.07, 6.45) is -1.88. The quantitative estimate of drug-likeness (QED) is 0.310. The van der Waals surface area contributed by atoms with Crippen LogP contribution >= 0.6 is 0 Å². The molecule has 0 aromatic heterocycles. The minimum atomic E-state index is -1.00. The second-order valence-corrected chi connectivity index (χ2v) is 3.23. The van der Waals surface area contributed by atoms with Gasteiger partial charge in [0.15, 0.2) is 0 Å². The first kappa shape index (κ1) is 13.6. The molecule has 1 aromatic rings. The lowest BCUT2D eigenvalue weighted by atomic mass is 10.3. The monoisotopic (exact) mass is 254 g/mol. The third kappa shape index (κ3) is 4.58. The van der Waals surface area contributed by atoms with E-state index in [1.54, 1.807) is 24.3 Å². The van der Waals surface area contributed by atoms with Gasteiger partial charge in [-0.2, -0.15) is 0 Å². The zero-order chi connectivity index (χ0) is 13.5. The number of nitrogens with zero attached hydrogens (tertiary/aromatic N) is 1. The summed E-state index contributed by atoms with van der Waals surface area (Å²) >= 11 is 0. The molecule has 1 unspecified atom stereocenters. The molecule has 1 rings (SSSR count). The Bertz CT molecular complexity index is 412. The Morgan fingerprint density at radius 3 is 2.50 bits per heavy atom. The number of primary amides is 1. The summed E-state index contributed by atoms with van der Waals surface area (Å²) in [6.45, 7) is 1.50. The molecule has 5 N–H and O–H groups in total. The lowest BCUT2D eigenvalue weighted by Crippen LogP contribution is -2.53. The number of hydrogen-bond donors (Lipinski definition) is 3. The first-order valence-corrected chi connectivity index (χ1v) is 5.02. The first-order valence-electron chi connectivity index (χ1n) is 5.02. The van der Waals surface area contributed by atoms with E-state index in [2.05, 4.69) is 0 Å². The number of hydrazine groups is 2. The average molecular weight is 254 g/mol. The molecule has 0 spiro atoms. The standard InChI is InChI=1S/C10H14N4O4/c1-7(17-8-5-3-2-4-6-8)18-10(16)14(12)13-9(11)15/h2-7H,12H2,1H3,(H3,11,13,15). The van der Waals surface area contributed by atoms with Crippen molar-refractivity contribution >= 4 is 12.1 Å². The van der Waals surface area contributed by atoms with E-state index in [9.17, 15) is 9.59 Å². The number of nitrogens with one attached hydrogen (secondary N) is 1. The van der Waals surface area contributed by atoms with Crippen LogP contribution in [0.2, 0.25) is 0 Å². The van der Waals surface area contributed by atoms with E-state index in [0.29, 0.717) is 10.9 Å². The van der Waals surface area contributed by atoms with Crippen LogP contribution in [-0.2, 0) is 4.74 Å². The Labute approximate surface area is 103 Å². The highest BCUT2D eigenvalue weighted by molar-refractivity contribution is 5.75. The zero-order valence-electron chi connectivity index (χ0n) is 9.70. The van der Waals surface area contributed by atoms with Crippen LogP contribution in [0.3, 0.4) is 0 Å². The van der Waals surface area contributed by atoms with Crippen molar-refractivity contribution < 1.29 is 19.1 Å². The normalized spacial score (nSPS) is 11.2. The second kappa shape index (κ2) is 6.30. The molecule has 0 aliphatic carbocycles. The Kier molecular flexibility index (Phi) is 4.76. The van der Waals surface area contributed by atoms with Crippen LogP contribution in [0.25, 0.3) is 0 Å². The van der Waals surface area contributed by atoms with Crippen LogP contribution in [0.15, 0.2) is 30.3 Å². The summed E-state index contributed by atoms with van der Waals surface area (Å²) in [6, 6.07) is 7.79. The Hall–Kier alpha value is -2.48. The zero-order valence-corrected chi connectivity index (χ0v) is 9.70. The molecule has 8 nitrogen and oxygen atoms in total. The molecule has 18 heavy (non-hydrogen) atoms. The molecule has 8 heteroatoms. The van der Waals surface area contributed by atoms with Crippen molar-refractivity contribution in [2.24, 2.45) is 11.6 Å². The van der Waals surface area contributed by atoms with E-state index >= 15 is 0 Å². The first-order chi connectivity index (χ1) is 8.49. The van der Waals surface area contributed by atoms with Gasteiger partial charge in [0, 0.05) is 6.92 Å². The molecule has 3 amide bonds. The highest BCUT2D eigenvalue weighted by Gasteiger charge is 2.16. The lowest BCUT2D eigenvalue weighted by molar-refractivity contribution is -0.0377. The molecule has 98 valence electrons. The predicted molar refractivity (Wildman–Crippen MR) is 61.8 cm³/mol. The van der Waals surface area contributed by atoms with Crippen LogP contribution < -0.4 is 21.7 Å². The SMILES string of the molecule is CC(OC(=O)N(N)NC(N)=O)Oc1ccccc1. The highest BCUT2D eigenvalue weighted by atomic mass is 16.7. The molecule has 0 heterocycles. The van der Waals surface area contributed by atoms with E-state index in [1.807, 2.05) is 11.5 Å². The summed E-state index contributed by atoms with van der Waals surface area (Å²) in [7, 11) is 0. The van der Waals surface area contributed by atoms with Crippen molar-refractivity contribution in [1.82, 2.24) is 10.5 Å². The third-order valence-corrected chi connectivity index (χ3v) is 1.74. The third-order valence-electron chi connectivity index (χ3n) is 1.74. The van der Waals surface area contributed by atoms with Crippen molar-refractivity contribution in [3.63, 3.8) is 0 Å². The van der Waals surface area contributed by atoms with Gasteiger partial charge in [-0.1, -0.05) is 18.2 Å². The van der Waals surface area contributed by atoms with Gasteiger partial charge in [0.25, 0.3) is 0 Å². The van der Waals surface area contributed by atoms with Gasteiger partial charge in [-0.3, -0.25) is 0 Å². The number of rotatable bonds is 3. The van der Waals surface area contributed by atoms with E-state index in [0.717, 1.165) is 0 Å². The van der Waals surface area contributed by atoms with Crippen molar-refractivity contribution in [3.8, 4) is 5.75 Å². The summed E-state index contributed by atoms with van der Waals surface area (Å²) in [5.74, 6) is 5.68. The molecular formula is C10H14N4O4. The molecule has 0 fully saturated rings.